The summed E-state index contributed by atoms with van der Waals surface area (Å²) < 4.78 is 0. The summed E-state index contributed by atoms with van der Waals surface area (Å²) in [6.07, 6.45) is 3.36. The van der Waals surface area contributed by atoms with Crippen molar-refractivity contribution < 1.29 is 23.3 Å². The minimum absolute atomic E-state index is 0.210. The Hall–Kier alpha value is -1.37. The topological polar surface area (TPSA) is 0 Å². The monoisotopic (exact) mass is 516 g/mol. The Bertz CT molecular complexity index is 1170. The molecule has 4 rings (SSSR count). The van der Waals surface area contributed by atoms with Crippen LogP contribution in [0.15, 0.2) is 59.2 Å². The van der Waals surface area contributed by atoms with E-state index >= 15 is 0 Å². The molecule has 1 aliphatic rings. The molecule has 2 heteroatoms. The van der Waals surface area contributed by atoms with Crippen LogP contribution in [0.25, 0.3) is 21.9 Å². The number of aryl methyl sites for hydroxylation is 2. The van der Waals surface area contributed by atoms with Gasteiger partial charge in [0.05, 0.1) is 0 Å². The summed E-state index contributed by atoms with van der Waals surface area (Å²) in [5.74, 6) is 0.560. The van der Waals surface area contributed by atoms with E-state index in [0.717, 1.165) is 0 Å². The number of allylic oxidation sites excluding steroid dienone is 4. The second-order valence-electron chi connectivity index (χ2n) is 9.20. The molecule has 1 aliphatic carbocycles. The van der Waals surface area contributed by atoms with Gasteiger partial charge in [-0.15, -0.1) is 41.0 Å². The third kappa shape index (κ3) is 6.15. The van der Waals surface area contributed by atoms with Gasteiger partial charge >= 0.3 is 41.9 Å². The van der Waals surface area contributed by atoms with Gasteiger partial charge in [-0.1, -0.05) is 86.2 Å². The zero-order chi connectivity index (χ0) is 24.2. The minimum Gasteiger partial charge on any atom is -0.146 e. The van der Waals surface area contributed by atoms with Gasteiger partial charge in [0, 0.05) is 0 Å². The van der Waals surface area contributed by atoms with Gasteiger partial charge in [0.1, 0.15) is 0 Å². The van der Waals surface area contributed by atoms with Crippen molar-refractivity contribution in [2.24, 2.45) is 5.92 Å². The smallest absolute Gasteiger partial charge is 0.0408 e. The maximum Gasteiger partial charge on any atom is -0.0408 e. The van der Waals surface area contributed by atoms with Crippen LogP contribution in [-0.4, -0.2) is 5.43 Å². The van der Waals surface area contributed by atoms with Crippen LogP contribution in [0, 0.1) is 39.7 Å². The van der Waals surface area contributed by atoms with Gasteiger partial charge in [-0.3, -0.25) is 6.08 Å². The average Bonchev–Trinajstić information content (AvgIpc) is 3.29. The molecule has 1 unspecified atom stereocenters. The molecular weight excluding hydrogens is 480 g/mol. The van der Waals surface area contributed by atoms with Gasteiger partial charge in [0.25, 0.3) is 0 Å². The molecular formula is C30H38SiZr. The zero-order valence-corrected chi connectivity index (χ0v) is 25.1. The SMILES string of the molecule is CC1=[C-]C(C)C(C)=C1C.C[Si](C)=[Zr+2].Cc1c(C)c(C)c2c(-c3ccccc3)c[cH-]c2c1C. The molecule has 0 N–H and O–H groups in total. The third-order valence-corrected chi connectivity index (χ3v) is 6.74. The van der Waals surface area contributed by atoms with Crippen LogP contribution in [-0.2, 0) is 23.3 Å². The number of fused-ring (bicyclic) bond motifs is 1. The Balaban J connectivity index is 0.000000233. The Kier molecular flexibility index (Phi) is 9.80. The van der Waals surface area contributed by atoms with Gasteiger partial charge in [0.15, 0.2) is 0 Å². The Morgan fingerprint density at radius 1 is 0.844 bits per heavy atom. The molecule has 0 radical (unpaired) electrons. The van der Waals surface area contributed by atoms with Crippen LogP contribution in [0.4, 0.5) is 0 Å². The first-order chi connectivity index (χ1) is 15.0. The third-order valence-electron chi connectivity index (χ3n) is 6.74. The van der Waals surface area contributed by atoms with E-state index in [9.17, 15) is 0 Å². The van der Waals surface area contributed by atoms with Crippen LogP contribution in [0.1, 0.15) is 49.9 Å². The summed E-state index contributed by atoms with van der Waals surface area (Å²) in [5.41, 5.74) is 12.8. The first kappa shape index (κ1) is 26.9. The Morgan fingerprint density at radius 2 is 1.38 bits per heavy atom. The van der Waals surface area contributed by atoms with Crippen molar-refractivity contribution in [2.75, 3.05) is 0 Å². The van der Waals surface area contributed by atoms with Gasteiger partial charge in [-0.25, -0.2) is 5.57 Å². The van der Waals surface area contributed by atoms with E-state index in [4.69, 9.17) is 0 Å². The summed E-state index contributed by atoms with van der Waals surface area (Å²) in [6, 6.07) is 15.2. The standard InChI is InChI=1S/C19H19.C9H13.C2H6Si.Zr/c1-12-13(2)15(4)19-17(14(12)3)10-11-18(19)16-8-6-5-7-9-16;1-6-5-7(2)9(4)8(6)3;1-3-2;/h5-11H,1-4H3;6H,1-4H3;1-2H3;/q2*-1;;+2. The van der Waals surface area contributed by atoms with Crippen molar-refractivity contribution >= 4 is 16.2 Å². The molecule has 3 aromatic rings. The molecule has 3 aromatic carbocycles. The maximum atomic E-state index is 3.36. The van der Waals surface area contributed by atoms with Gasteiger partial charge in [-0.2, -0.15) is 11.1 Å². The quantitative estimate of drug-likeness (QED) is 0.223. The van der Waals surface area contributed by atoms with Gasteiger partial charge in [-0.05, 0) is 20.8 Å². The van der Waals surface area contributed by atoms with Crippen molar-refractivity contribution in [3.8, 4) is 11.1 Å². The van der Waals surface area contributed by atoms with Crippen molar-refractivity contribution in [2.45, 2.75) is 68.5 Å². The fourth-order valence-corrected chi connectivity index (χ4v) is 4.17. The van der Waals surface area contributed by atoms with E-state index in [1.807, 2.05) is 0 Å². The summed E-state index contributed by atoms with van der Waals surface area (Å²) in [5, 5.41) is 2.83. The van der Waals surface area contributed by atoms with Gasteiger partial charge < -0.3 is 0 Å². The number of hydrogen-bond acceptors (Lipinski definition) is 0. The number of benzene rings is 2. The second kappa shape index (κ2) is 11.7. The van der Waals surface area contributed by atoms with E-state index in [2.05, 4.69) is 117 Å². The van der Waals surface area contributed by atoms with Crippen molar-refractivity contribution in [3.05, 3.63) is 87.5 Å². The first-order valence-corrected chi connectivity index (χ1v) is 17.7. The number of rotatable bonds is 1. The Morgan fingerprint density at radius 3 is 1.81 bits per heavy atom. The van der Waals surface area contributed by atoms with E-state index < -0.39 is 0 Å². The maximum absolute atomic E-state index is 3.36. The molecule has 166 valence electrons. The fourth-order valence-electron chi connectivity index (χ4n) is 4.17. The predicted molar refractivity (Wildman–Crippen MR) is 141 cm³/mol. The van der Waals surface area contributed by atoms with Crippen LogP contribution in [0.5, 0.6) is 0 Å². The van der Waals surface area contributed by atoms with E-state index in [1.54, 1.807) is 23.3 Å². The summed E-state index contributed by atoms with van der Waals surface area (Å²) in [4.78, 5) is 0. The molecule has 0 saturated carbocycles. The molecule has 0 aliphatic heterocycles. The van der Waals surface area contributed by atoms with E-state index in [1.165, 1.54) is 60.9 Å². The summed E-state index contributed by atoms with van der Waals surface area (Å²) in [7, 11) is 0. The first-order valence-electron chi connectivity index (χ1n) is 11.5. The van der Waals surface area contributed by atoms with Crippen molar-refractivity contribution in [3.63, 3.8) is 0 Å². The second-order valence-corrected chi connectivity index (χ2v) is 18.6. The molecule has 0 aromatic heterocycles. The normalized spacial score (nSPS) is 15.1. The van der Waals surface area contributed by atoms with Crippen molar-refractivity contribution in [1.29, 1.82) is 0 Å². The molecule has 0 nitrogen and oxygen atoms in total. The largest absolute Gasteiger partial charge is 0.146 e. The van der Waals surface area contributed by atoms with Crippen LogP contribution >= 0.6 is 0 Å². The zero-order valence-electron chi connectivity index (χ0n) is 21.6. The van der Waals surface area contributed by atoms with Crippen molar-refractivity contribution in [1.82, 2.24) is 0 Å². The van der Waals surface area contributed by atoms with Crippen LogP contribution in [0.2, 0.25) is 13.1 Å². The van der Waals surface area contributed by atoms with E-state index in [0.29, 0.717) is 5.92 Å². The van der Waals surface area contributed by atoms with Crippen LogP contribution < -0.4 is 0 Å². The number of hydrogen-bond donors (Lipinski definition) is 0. The molecule has 1 atom stereocenters. The molecule has 0 amide bonds. The van der Waals surface area contributed by atoms with Gasteiger partial charge in [0.2, 0.25) is 0 Å². The molecule has 0 spiro atoms. The van der Waals surface area contributed by atoms with E-state index in [-0.39, 0.29) is 5.43 Å². The van der Waals surface area contributed by atoms with Crippen LogP contribution in [0.3, 0.4) is 0 Å². The minimum atomic E-state index is 0.210. The summed E-state index contributed by atoms with van der Waals surface area (Å²) in [6.45, 7) is 22.2. The molecule has 0 fully saturated rings. The fraction of sp³-hybridized carbons (Fsp3) is 0.367. The molecule has 0 saturated heterocycles. The molecule has 0 bridgehead atoms. The Labute approximate surface area is 211 Å². The summed E-state index contributed by atoms with van der Waals surface area (Å²) >= 11 is 1.74. The predicted octanol–water partition coefficient (Wildman–Crippen LogP) is 8.97. The molecule has 32 heavy (non-hydrogen) atoms. The molecule has 0 heterocycles. The average molecular weight is 518 g/mol.